The Hall–Kier alpha value is -1.47. The molecule has 1 aromatic carbocycles. The molecule has 1 unspecified atom stereocenters. The fourth-order valence-electron chi connectivity index (χ4n) is 0.970. The van der Waals surface area contributed by atoms with Gasteiger partial charge in [-0.1, -0.05) is 24.3 Å². The van der Waals surface area contributed by atoms with Crippen molar-refractivity contribution in [2.75, 3.05) is 0 Å². The Morgan fingerprint density at radius 3 is 2.75 bits per heavy atom. The average Bonchev–Trinajstić information content (AvgIpc) is 2.05. The summed E-state index contributed by atoms with van der Waals surface area (Å²) in [5.41, 5.74) is 1.20. The number of benzene rings is 1. The van der Waals surface area contributed by atoms with Crippen molar-refractivity contribution in [3.05, 3.63) is 35.4 Å². The number of aryl methyl sites for hydroxylation is 1. The summed E-state index contributed by atoms with van der Waals surface area (Å²) in [6.45, 7) is 1.77. The monoisotopic (exact) mass is 165 g/mol. The number of nitrogens with zero attached hydrogens (tertiary/aromatic N) is 1. The summed E-state index contributed by atoms with van der Waals surface area (Å²) in [5, 5.41) is 0. The fraction of sp³-hybridized carbons (Fsp3) is 0.222. The van der Waals surface area contributed by atoms with Crippen LogP contribution in [-0.4, -0.2) is 6.08 Å². The lowest BCUT2D eigenvalue weighted by Crippen LogP contribution is -1.90. The highest BCUT2D eigenvalue weighted by Gasteiger charge is 2.08. The molecule has 0 N–H and O–H groups in total. The van der Waals surface area contributed by atoms with Gasteiger partial charge in [-0.25, -0.2) is 9.18 Å². The minimum atomic E-state index is -1.58. The first kappa shape index (κ1) is 8.62. The number of alkyl halides is 1. The molecule has 1 rings (SSSR count). The van der Waals surface area contributed by atoms with Crippen molar-refractivity contribution in [3.8, 4) is 0 Å². The summed E-state index contributed by atoms with van der Waals surface area (Å²) in [6.07, 6.45) is -0.387. The SMILES string of the molecule is Cc1ccccc1C(F)N=C=O. The Bertz CT molecular complexity index is 318. The van der Waals surface area contributed by atoms with Gasteiger partial charge in [0, 0.05) is 5.56 Å². The smallest absolute Gasteiger partial charge is 0.215 e. The molecule has 0 spiro atoms. The molecule has 62 valence electrons. The van der Waals surface area contributed by atoms with Crippen LogP contribution in [0.25, 0.3) is 0 Å². The van der Waals surface area contributed by atoms with Crippen LogP contribution in [0.3, 0.4) is 0 Å². The van der Waals surface area contributed by atoms with Gasteiger partial charge >= 0.3 is 0 Å². The predicted molar refractivity (Wildman–Crippen MR) is 43.1 cm³/mol. The van der Waals surface area contributed by atoms with Gasteiger partial charge in [0.05, 0.1) is 0 Å². The third kappa shape index (κ3) is 1.77. The Labute approximate surface area is 69.7 Å². The van der Waals surface area contributed by atoms with E-state index in [2.05, 4.69) is 4.99 Å². The number of rotatable bonds is 2. The second-order valence-corrected chi connectivity index (χ2v) is 2.41. The lowest BCUT2D eigenvalue weighted by Gasteiger charge is -2.03. The van der Waals surface area contributed by atoms with Gasteiger partial charge in [-0.15, -0.1) is 0 Å². The minimum absolute atomic E-state index is 0.417. The van der Waals surface area contributed by atoms with E-state index in [4.69, 9.17) is 0 Å². The molecule has 0 heterocycles. The molecular weight excluding hydrogens is 157 g/mol. The number of hydrogen-bond donors (Lipinski definition) is 0. The van der Waals surface area contributed by atoms with Crippen molar-refractivity contribution in [1.29, 1.82) is 0 Å². The molecule has 0 aliphatic heterocycles. The van der Waals surface area contributed by atoms with E-state index in [0.717, 1.165) is 5.56 Å². The molecule has 2 nitrogen and oxygen atoms in total. The lowest BCUT2D eigenvalue weighted by molar-refractivity contribution is 0.355. The Morgan fingerprint density at radius 1 is 1.50 bits per heavy atom. The molecule has 0 aromatic heterocycles. The second-order valence-electron chi connectivity index (χ2n) is 2.41. The maximum absolute atomic E-state index is 13.0. The minimum Gasteiger partial charge on any atom is -0.215 e. The number of aliphatic imine (C=N–C) groups is 1. The van der Waals surface area contributed by atoms with Gasteiger partial charge in [0.15, 0.2) is 0 Å². The van der Waals surface area contributed by atoms with Crippen molar-refractivity contribution in [2.24, 2.45) is 4.99 Å². The molecular formula is C9H8FNO. The van der Waals surface area contributed by atoms with Crippen LogP contribution in [0.2, 0.25) is 0 Å². The van der Waals surface area contributed by atoms with E-state index in [-0.39, 0.29) is 0 Å². The zero-order valence-corrected chi connectivity index (χ0v) is 6.62. The molecule has 3 heteroatoms. The highest BCUT2D eigenvalue weighted by molar-refractivity contribution is 5.36. The summed E-state index contributed by atoms with van der Waals surface area (Å²) in [4.78, 5) is 12.8. The summed E-state index contributed by atoms with van der Waals surface area (Å²) < 4.78 is 13.0. The van der Waals surface area contributed by atoms with Gasteiger partial charge < -0.3 is 0 Å². The molecule has 1 aromatic rings. The maximum Gasteiger partial charge on any atom is 0.238 e. The standard InChI is InChI=1S/C9H8FNO/c1-7-4-2-3-5-8(7)9(10)11-6-12/h2-5,9H,1H3. The van der Waals surface area contributed by atoms with E-state index >= 15 is 0 Å². The topological polar surface area (TPSA) is 29.4 Å². The van der Waals surface area contributed by atoms with Crippen LogP contribution in [-0.2, 0) is 4.79 Å². The van der Waals surface area contributed by atoms with Gasteiger partial charge in [0.25, 0.3) is 0 Å². The summed E-state index contributed by atoms with van der Waals surface area (Å²) in [7, 11) is 0. The number of hydrogen-bond acceptors (Lipinski definition) is 2. The summed E-state index contributed by atoms with van der Waals surface area (Å²) >= 11 is 0. The summed E-state index contributed by atoms with van der Waals surface area (Å²) in [5.74, 6) is 0. The van der Waals surface area contributed by atoms with Crippen molar-refractivity contribution in [2.45, 2.75) is 13.2 Å². The van der Waals surface area contributed by atoms with E-state index in [1.165, 1.54) is 6.08 Å². The van der Waals surface area contributed by atoms with Crippen molar-refractivity contribution >= 4 is 6.08 Å². The van der Waals surface area contributed by atoms with Crippen LogP contribution in [0.5, 0.6) is 0 Å². The first-order chi connectivity index (χ1) is 5.75. The number of halogens is 1. The Kier molecular flexibility index (Phi) is 2.72. The van der Waals surface area contributed by atoms with Crippen molar-refractivity contribution in [3.63, 3.8) is 0 Å². The normalized spacial score (nSPS) is 11.8. The lowest BCUT2D eigenvalue weighted by atomic mass is 10.1. The zero-order valence-electron chi connectivity index (χ0n) is 6.62. The molecule has 0 amide bonds. The average molecular weight is 165 g/mol. The zero-order chi connectivity index (χ0) is 8.97. The first-order valence-electron chi connectivity index (χ1n) is 3.52. The van der Waals surface area contributed by atoms with E-state index in [9.17, 15) is 9.18 Å². The Balaban J connectivity index is 3.02. The molecule has 0 aliphatic carbocycles. The number of carbonyl (C=O) groups excluding carboxylic acids is 1. The maximum atomic E-state index is 13.0. The van der Waals surface area contributed by atoms with Gasteiger partial charge in [-0.2, -0.15) is 4.99 Å². The van der Waals surface area contributed by atoms with E-state index < -0.39 is 6.30 Å². The predicted octanol–water partition coefficient (Wildman–Crippen LogP) is 2.30. The van der Waals surface area contributed by atoms with Crippen LogP contribution in [0.4, 0.5) is 4.39 Å². The van der Waals surface area contributed by atoms with Crippen LogP contribution in [0.1, 0.15) is 17.4 Å². The molecule has 0 saturated heterocycles. The van der Waals surface area contributed by atoms with Crippen LogP contribution >= 0.6 is 0 Å². The third-order valence-corrected chi connectivity index (χ3v) is 1.61. The first-order valence-corrected chi connectivity index (χ1v) is 3.52. The van der Waals surface area contributed by atoms with Crippen LogP contribution in [0.15, 0.2) is 29.3 Å². The quantitative estimate of drug-likeness (QED) is 0.375. The molecule has 12 heavy (non-hydrogen) atoms. The molecule has 0 radical (unpaired) electrons. The molecule has 1 atom stereocenters. The van der Waals surface area contributed by atoms with E-state index in [1.54, 1.807) is 31.2 Å². The van der Waals surface area contributed by atoms with Gasteiger partial charge in [-0.05, 0) is 12.5 Å². The number of isocyanates is 1. The Morgan fingerprint density at radius 2 is 2.17 bits per heavy atom. The van der Waals surface area contributed by atoms with Gasteiger partial charge in [0.1, 0.15) is 0 Å². The molecule has 0 bridgehead atoms. The van der Waals surface area contributed by atoms with Crippen LogP contribution < -0.4 is 0 Å². The van der Waals surface area contributed by atoms with Crippen LogP contribution in [0, 0.1) is 6.92 Å². The summed E-state index contributed by atoms with van der Waals surface area (Å²) in [6, 6.07) is 6.87. The van der Waals surface area contributed by atoms with E-state index in [1.807, 2.05) is 0 Å². The van der Waals surface area contributed by atoms with Crippen molar-refractivity contribution in [1.82, 2.24) is 0 Å². The fourth-order valence-corrected chi connectivity index (χ4v) is 0.970. The second kappa shape index (κ2) is 3.79. The molecule has 0 fully saturated rings. The highest BCUT2D eigenvalue weighted by Crippen LogP contribution is 2.21. The molecule has 0 aliphatic rings. The van der Waals surface area contributed by atoms with Crippen molar-refractivity contribution < 1.29 is 9.18 Å². The van der Waals surface area contributed by atoms with Gasteiger partial charge in [0.2, 0.25) is 12.4 Å². The largest absolute Gasteiger partial charge is 0.238 e. The highest BCUT2D eigenvalue weighted by atomic mass is 19.1. The molecule has 0 saturated carbocycles. The van der Waals surface area contributed by atoms with E-state index in [0.29, 0.717) is 5.56 Å². The van der Waals surface area contributed by atoms with Gasteiger partial charge in [-0.3, -0.25) is 0 Å². The third-order valence-electron chi connectivity index (χ3n) is 1.61.